The molecule has 100 valence electrons. The van der Waals surface area contributed by atoms with Gasteiger partial charge in [0.2, 0.25) is 0 Å². The summed E-state index contributed by atoms with van der Waals surface area (Å²) < 4.78 is 23.4. The van der Waals surface area contributed by atoms with Gasteiger partial charge in [-0.2, -0.15) is 0 Å². The number of nitrogens with two attached hydrogens (primary N) is 1. The second-order valence-electron chi connectivity index (χ2n) is 3.82. The number of ether oxygens (including phenoxy) is 2. The van der Waals surface area contributed by atoms with Gasteiger partial charge in [-0.25, -0.2) is 4.39 Å². The van der Waals surface area contributed by atoms with Crippen LogP contribution in [0.1, 0.15) is 23.6 Å². The van der Waals surface area contributed by atoms with Gasteiger partial charge in [0.25, 0.3) is 0 Å². The quantitative estimate of drug-likeness (QED) is 0.806. The number of carboxylic acid groups (broad SMARTS) is 1. The summed E-state index contributed by atoms with van der Waals surface area (Å²) >= 11 is 0. The fraction of sp³-hybridized carbons (Fsp3) is 0.417. The highest BCUT2D eigenvalue weighted by molar-refractivity contribution is 5.68. The standard InChI is InChI=1S/C12H16FNO4/c1-17-6-7-3-11(18-2)9(13)4-8(7)10(14)5-12(15)16/h3-4,10H,5-6,14H2,1-2H3,(H,15,16). The topological polar surface area (TPSA) is 81.8 Å². The van der Waals surface area contributed by atoms with E-state index in [0.29, 0.717) is 11.1 Å². The molecule has 0 spiro atoms. The molecule has 0 radical (unpaired) electrons. The monoisotopic (exact) mass is 257 g/mol. The maximum absolute atomic E-state index is 13.6. The first-order valence-electron chi connectivity index (χ1n) is 5.32. The van der Waals surface area contributed by atoms with Crippen molar-refractivity contribution in [3.8, 4) is 5.75 Å². The van der Waals surface area contributed by atoms with E-state index in [1.807, 2.05) is 0 Å². The molecule has 1 aromatic rings. The zero-order valence-corrected chi connectivity index (χ0v) is 10.3. The molecule has 5 nitrogen and oxygen atoms in total. The first-order chi connectivity index (χ1) is 8.49. The molecule has 6 heteroatoms. The maximum Gasteiger partial charge on any atom is 0.305 e. The van der Waals surface area contributed by atoms with Gasteiger partial charge >= 0.3 is 5.97 Å². The average Bonchev–Trinajstić information content (AvgIpc) is 2.30. The summed E-state index contributed by atoms with van der Waals surface area (Å²) in [5.41, 5.74) is 6.77. The number of carbonyl (C=O) groups is 1. The van der Waals surface area contributed by atoms with Gasteiger partial charge in [-0.15, -0.1) is 0 Å². The molecule has 1 rings (SSSR count). The van der Waals surface area contributed by atoms with Gasteiger partial charge in [-0.3, -0.25) is 4.79 Å². The van der Waals surface area contributed by atoms with Crippen molar-refractivity contribution in [3.05, 3.63) is 29.1 Å². The zero-order chi connectivity index (χ0) is 13.7. The Morgan fingerprint density at radius 3 is 2.67 bits per heavy atom. The van der Waals surface area contributed by atoms with Gasteiger partial charge < -0.3 is 20.3 Å². The number of halogens is 1. The van der Waals surface area contributed by atoms with Gasteiger partial charge in [-0.1, -0.05) is 0 Å². The number of hydrogen-bond acceptors (Lipinski definition) is 4. The second-order valence-corrected chi connectivity index (χ2v) is 3.82. The second kappa shape index (κ2) is 6.32. The van der Waals surface area contributed by atoms with Crippen LogP contribution in [0.2, 0.25) is 0 Å². The lowest BCUT2D eigenvalue weighted by atomic mass is 9.98. The molecule has 1 unspecified atom stereocenters. The molecule has 0 aliphatic rings. The van der Waals surface area contributed by atoms with Crippen LogP contribution in [-0.2, 0) is 16.1 Å². The van der Waals surface area contributed by atoms with Crippen LogP contribution in [0.4, 0.5) is 4.39 Å². The molecule has 0 aromatic heterocycles. The molecule has 0 heterocycles. The molecule has 0 fully saturated rings. The fourth-order valence-electron chi connectivity index (χ4n) is 1.69. The van der Waals surface area contributed by atoms with Gasteiger partial charge in [0, 0.05) is 13.2 Å². The van der Waals surface area contributed by atoms with Gasteiger partial charge in [0.1, 0.15) is 0 Å². The number of aliphatic carboxylic acids is 1. The van der Waals surface area contributed by atoms with Crippen molar-refractivity contribution in [1.29, 1.82) is 0 Å². The third-order valence-corrected chi connectivity index (χ3v) is 2.51. The highest BCUT2D eigenvalue weighted by Crippen LogP contribution is 2.27. The first-order valence-corrected chi connectivity index (χ1v) is 5.32. The molecule has 0 bridgehead atoms. The van der Waals surface area contributed by atoms with Crippen molar-refractivity contribution < 1.29 is 23.8 Å². The van der Waals surface area contributed by atoms with Crippen molar-refractivity contribution in [2.75, 3.05) is 14.2 Å². The molecule has 1 aromatic carbocycles. The predicted molar refractivity (Wildman–Crippen MR) is 62.8 cm³/mol. The Morgan fingerprint density at radius 2 is 2.17 bits per heavy atom. The first kappa shape index (κ1) is 14.4. The van der Waals surface area contributed by atoms with Crippen molar-refractivity contribution in [2.45, 2.75) is 19.1 Å². The van der Waals surface area contributed by atoms with E-state index in [2.05, 4.69) is 0 Å². The smallest absolute Gasteiger partial charge is 0.305 e. The maximum atomic E-state index is 13.6. The van der Waals surface area contributed by atoms with E-state index >= 15 is 0 Å². The SMILES string of the molecule is COCc1cc(OC)c(F)cc1C(N)CC(=O)O. The summed E-state index contributed by atoms with van der Waals surface area (Å²) in [6, 6.07) is 1.88. The molecule has 0 amide bonds. The number of hydrogen-bond donors (Lipinski definition) is 2. The lowest BCUT2D eigenvalue weighted by molar-refractivity contribution is -0.137. The number of rotatable bonds is 6. The van der Waals surface area contributed by atoms with Crippen molar-refractivity contribution in [3.63, 3.8) is 0 Å². The predicted octanol–water partition coefficient (Wildman–Crippen LogP) is 1.46. The summed E-state index contributed by atoms with van der Waals surface area (Å²) in [6.45, 7) is 0.208. The highest BCUT2D eigenvalue weighted by atomic mass is 19.1. The molecular weight excluding hydrogens is 241 g/mol. The molecule has 0 saturated heterocycles. The Balaban J connectivity index is 3.15. The summed E-state index contributed by atoms with van der Waals surface area (Å²) in [4.78, 5) is 10.6. The molecular formula is C12H16FNO4. The van der Waals surface area contributed by atoms with Crippen molar-refractivity contribution in [2.24, 2.45) is 5.73 Å². The Labute approximate surface area is 104 Å². The molecule has 0 saturated carbocycles. The normalized spacial score (nSPS) is 12.2. The molecule has 18 heavy (non-hydrogen) atoms. The van der Waals surface area contributed by atoms with Crippen LogP contribution in [-0.4, -0.2) is 25.3 Å². The molecule has 0 aliphatic heterocycles. The number of carboxylic acids is 1. The third-order valence-electron chi connectivity index (χ3n) is 2.51. The lowest BCUT2D eigenvalue weighted by Gasteiger charge is -2.16. The minimum atomic E-state index is -1.04. The van der Waals surface area contributed by atoms with E-state index in [1.54, 1.807) is 0 Å². The van der Waals surface area contributed by atoms with E-state index in [9.17, 15) is 9.18 Å². The van der Waals surface area contributed by atoms with Crippen LogP contribution in [0.5, 0.6) is 5.75 Å². The van der Waals surface area contributed by atoms with E-state index in [1.165, 1.54) is 26.4 Å². The Morgan fingerprint density at radius 1 is 1.50 bits per heavy atom. The molecule has 1 atom stereocenters. The summed E-state index contributed by atoms with van der Waals surface area (Å²) in [6.07, 6.45) is -0.275. The minimum absolute atomic E-state index is 0.0772. The highest BCUT2D eigenvalue weighted by Gasteiger charge is 2.18. The van der Waals surface area contributed by atoms with Crippen LogP contribution < -0.4 is 10.5 Å². The summed E-state index contributed by atoms with van der Waals surface area (Å²) in [7, 11) is 2.84. The van der Waals surface area contributed by atoms with Crippen LogP contribution in [0, 0.1) is 5.82 Å². The Kier molecular flexibility index (Phi) is 5.06. The van der Waals surface area contributed by atoms with Crippen molar-refractivity contribution in [1.82, 2.24) is 0 Å². The van der Waals surface area contributed by atoms with E-state index in [0.717, 1.165) is 0 Å². The lowest BCUT2D eigenvalue weighted by Crippen LogP contribution is -2.17. The number of benzene rings is 1. The van der Waals surface area contributed by atoms with E-state index in [4.69, 9.17) is 20.3 Å². The van der Waals surface area contributed by atoms with Crippen molar-refractivity contribution >= 4 is 5.97 Å². The fourth-order valence-corrected chi connectivity index (χ4v) is 1.69. The van der Waals surface area contributed by atoms with Crippen LogP contribution in [0.3, 0.4) is 0 Å². The average molecular weight is 257 g/mol. The Bertz CT molecular complexity index is 436. The summed E-state index contributed by atoms with van der Waals surface area (Å²) in [5.74, 6) is -1.54. The minimum Gasteiger partial charge on any atom is -0.494 e. The van der Waals surface area contributed by atoms with E-state index in [-0.39, 0.29) is 18.8 Å². The van der Waals surface area contributed by atoms with Crippen LogP contribution >= 0.6 is 0 Å². The van der Waals surface area contributed by atoms with Crippen LogP contribution in [0.15, 0.2) is 12.1 Å². The number of methoxy groups -OCH3 is 2. The van der Waals surface area contributed by atoms with Gasteiger partial charge in [0.05, 0.1) is 20.1 Å². The molecule has 0 aliphatic carbocycles. The van der Waals surface area contributed by atoms with E-state index < -0.39 is 17.8 Å². The third kappa shape index (κ3) is 3.41. The Hall–Kier alpha value is -1.66. The zero-order valence-electron chi connectivity index (χ0n) is 10.3. The largest absolute Gasteiger partial charge is 0.494 e. The molecule has 3 N–H and O–H groups in total. The van der Waals surface area contributed by atoms with Gasteiger partial charge in [0.15, 0.2) is 11.6 Å². The van der Waals surface area contributed by atoms with Gasteiger partial charge in [-0.05, 0) is 23.3 Å². The summed E-state index contributed by atoms with van der Waals surface area (Å²) in [5, 5.41) is 8.71. The van der Waals surface area contributed by atoms with Crippen LogP contribution in [0.25, 0.3) is 0 Å².